The van der Waals surface area contributed by atoms with Gasteiger partial charge in [-0.15, -0.1) is 0 Å². The molecule has 2 aromatic carbocycles. The van der Waals surface area contributed by atoms with Crippen LogP contribution in [0.25, 0.3) is 0 Å². The molecule has 2 aromatic rings. The van der Waals surface area contributed by atoms with E-state index in [0.717, 1.165) is 16.9 Å². The predicted molar refractivity (Wildman–Crippen MR) is 82.6 cm³/mol. The van der Waals surface area contributed by atoms with E-state index in [2.05, 4.69) is 6.92 Å². The highest BCUT2D eigenvalue weighted by Crippen LogP contribution is 2.28. The molecule has 1 N–H and O–H groups in total. The van der Waals surface area contributed by atoms with Crippen LogP contribution in [0, 0.1) is 13.8 Å². The number of aliphatic hydroxyl groups excluding tert-OH is 1. The first-order chi connectivity index (χ1) is 9.51. The van der Waals surface area contributed by atoms with E-state index >= 15 is 0 Å². The van der Waals surface area contributed by atoms with Crippen molar-refractivity contribution in [2.24, 2.45) is 0 Å². The Balaban J connectivity index is 2.24. The summed E-state index contributed by atoms with van der Waals surface area (Å²) in [6.45, 7) is 4.11. The van der Waals surface area contributed by atoms with Crippen LogP contribution in [0.2, 0.25) is 5.02 Å². The fraction of sp³-hybridized carbons (Fsp3) is 0.294. The van der Waals surface area contributed by atoms with Gasteiger partial charge in [0.2, 0.25) is 0 Å². The topological polar surface area (TPSA) is 29.5 Å². The maximum absolute atomic E-state index is 10.4. The second-order valence-electron chi connectivity index (χ2n) is 5.02. The normalized spacial score (nSPS) is 12.2. The maximum Gasteiger partial charge on any atom is 0.122 e. The lowest BCUT2D eigenvalue weighted by molar-refractivity contribution is 0.177. The summed E-state index contributed by atoms with van der Waals surface area (Å²) in [4.78, 5) is 0. The average Bonchev–Trinajstić information content (AvgIpc) is 2.42. The number of methoxy groups -OCH3 is 1. The van der Waals surface area contributed by atoms with Crippen molar-refractivity contribution in [1.82, 2.24) is 0 Å². The summed E-state index contributed by atoms with van der Waals surface area (Å²) in [5.74, 6) is 0.747. The second-order valence-corrected chi connectivity index (χ2v) is 5.46. The number of aryl methyl sites for hydroxylation is 2. The molecule has 1 unspecified atom stereocenters. The molecule has 0 amide bonds. The Morgan fingerprint density at radius 3 is 2.50 bits per heavy atom. The van der Waals surface area contributed by atoms with Crippen LogP contribution in [0.1, 0.15) is 28.4 Å². The van der Waals surface area contributed by atoms with Crippen molar-refractivity contribution in [3.05, 3.63) is 63.7 Å². The van der Waals surface area contributed by atoms with Gasteiger partial charge >= 0.3 is 0 Å². The molecule has 2 nitrogen and oxygen atoms in total. The summed E-state index contributed by atoms with van der Waals surface area (Å²) in [7, 11) is 1.62. The van der Waals surface area contributed by atoms with Crippen molar-refractivity contribution in [1.29, 1.82) is 0 Å². The molecule has 0 fully saturated rings. The number of halogens is 1. The summed E-state index contributed by atoms with van der Waals surface area (Å²) in [6.07, 6.45) is -0.0895. The molecule has 0 aliphatic carbocycles. The van der Waals surface area contributed by atoms with Gasteiger partial charge in [-0.1, -0.05) is 29.8 Å². The Morgan fingerprint density at radius 2 is 1.85 bits per heavy atom. The lowest BCUT2D eigenvalue weighted by Crippen LogP contribution is -2.04. The molecule has 3 heteroatoms. The van der Waals surface area contributed by atoms with Crippen LogP contribution >= 0.6 is 11.6 Å². The molecule has 0 saturated heterocycles. The number of benzene rings is 2. The number of hydrogen-bond donors (Lipinski definition) is 1. The van der Waals surface area contributed by atoms with Crippen LogP contribution in [-0.2, 0) is 6.42 Å². The van der Waals surface area contributed by atoms with Gasteiger partial charge in [0, 0.05) is 11.4 Å². The molecule has 0 spiro atoms. The Morgan fingerprint density at radius 1 is 1.10 bits per heavy atom. The van der Waals surface area contributed by atoms with Gasteiger partial charge in [0.1, 0.15) is 5.75 Å². The van der Waals surface area contributed by atoms with Crippen LogP contribution in [0.15, 0.2) is 36.4 Å². The zero-order chi connectivity index (χ0) is 14.7. The van der Waals surface area contributed by atoms with Crippen molar-refractivity contribution in [2.45, 2.75) is 26.4 Å². The third kappa shape index (κ3) is 3.33. The van der Waals surface area contributed by atoms with E-state index < -0.39 is 6.10 Å². The quantitative estimate of drug-likeness (QED) is 0.912. The van der Waals surface area contributed by atoms with Gasteiger partial charge in [-0.2, -0.15) is 0 Å². The SMILES string of the molecule is COc1ccc(Cl)cc1CC(O)c1ccc(C)c(C)c1. The van der Waals surface area contributed by atoms with Crippen LogP contribution in [-0.4, -0.2) is 12.2 Å². The highest BCUT2D eigenvalue weighted by molar-refractivity contribution is 6.30. The van der Waals surface area contributed by atoms with Gasteiger partial charge in [0.25, 0.3) is 0 Å². The summed E-state index contributed by atoms with van der Waals surface area (Å²) < 4.78 is 5.31. The van der Waals surface area contributed by atoms with Crippen LogP contribution < -0.4 is 4.74 Å². The summed E-state index contributed by atoms with van der Waals surface area (Å²) >= 11 is 6.01. The molecule has 20 heavy (non-hydrogen) atoms. The first-order valence-corrected chi connectivity index (χ1v) is 6.96. The molecule has 0 aromatic heterocycles. The Kier molecular flexibility index (Phi) is 4.69. The molecule has 0 saturated carbocycles. The second kappa shape index (κ2) is 6.29. The van der Waals surface area contributed by atoms with E-state index in [1.165, 1.54) is 11.1 Å². The van der Waals surface area contributed by atoms with Crippen LogP contribution in [0.3, 0.4) is 0 Å². The average molecular weight is 291 g/mol. The maximum atomic E-state index is 10.4. The standard InChI is InChI=1S/C17H19ClO2/c1-11-4-5-13(8-12(11)2)16(19)10-14-9-15(18)6-7-17(14)20-3/h4-9,16,19H,10H2,1-3H3. The summed E-state index contributed by atoms with van der Waals surface area (Å²) in [5, 5.41) is 11.0. The first kappa shape index (κ1) is 14.9. The van der Waals surface area contributed by atoms with Crippen molar-refractivity contribution in [3.63, 3.8) is 0 Å². The fourth-order valence-corrected chi connectivity index (χ4v) is 2.40. The van der Waals surface area contributed by atoms with E-state index in [0.29, 0.717) is 11.4 Å². The first-order valence-electron chi connectivity index (χ1n) is 6.59. The van der Waals surface area contributed by atoms with Crippen molar-refractivity contribution in [3.8, 4) is 5.75 Å². The van der Waals surface area contributed by atoms with Gasteiger partial charge in [0.05, 0.1) is 13.2 Å². The van der Waals surface area contributed by atoms with Crippen LogP contribution in [0.4, 0.5) is 0 Å². The van der Waals surface area contributed by atoms with Gasteiger partial charge < -0.3 is 9.84 Å². The van der Waals surface area contributed by atoms with Gasteiger partial charge in [-0.05, 0) is 54.3 Å². The molecule has 1 atom stereocenters. The summed E-state index contributed by atoms with van der Waals surface area (Å²) in [6, 6.07) is 11.5. The third-order valence-corrected chi connectivity index (χ3v) is 3.81. The number of rotatable bonds is 4. The smallest absolute Gasteiger partial charge is 0.122 e. The molecule has 0 aliphatic heterocycles. The van der Waals surface area contributed by atoms with E-state index in [9.17, 15) is 5.11 Å². The fourth-order valence-electron chi connectivity index (χ4n) is 2.20. The number of ether oxygens (including phenoxy) is 1. The monoisotopic (exact) mass is 290 g/mol. The number of hydrogen-bond acceptors (Lipinski definition) is 2. The zero-order valence-corrected chi connectivity index (χ0v) is 12.7. The Hall–Kier alpha value is -1.51. The largest absolute Gasteiger partial charge is 0.496 e. The molecule has 0 radical (unpaired) electrons. The predicted octanol–water partition coefficient (Wildman–Crippen LogP) is 4.24. The molecule has 0 heterocycles. The number of aliphatic hydroxyl groups is 1. The molecule has 2 rings (SSSR count). The van der Waals surface area contributed by atoms with E-state index in [1.807, 2.05) is 37.3 Å². The minimum atomic E-state index is -0.568. The molecular weight excluding hydrogens is 272 g/mol. The highest BCUT2D eigenvalue weighted by Gasteiger charge is 2.13. The third-order valence-electron chi connectivity index (χ3n) is 3.57. The van der Waals surface area contributed by atoms with E-state index in [4.69, 9.17) is 16.3 Å². The molecule has 0 aliphatic rings. The summed E-state index contributed by atoms with van der Waals surface area (Å²) in [5.41, 5.74) is 4.22. The lowest BCUT2D eigenvalue weighted by atomic mass is 9.97. The lowest BCUT2D eigenvalue weighted by Gasteiger charge is -2.15. The van der Waals surface area contributed by atoms with Gasteiger partial charge in [-0.3, -0.25) is 0 Å². The Bertz CT molecular complexity index is 608. The highest BCUT2D eigenvalue weighted by atomic mass is 35.5. The van der Waals surface area contributed by atoms with Crippen molar-refractivity contribution >= 4 is 11.6 Å². The van der Waals surface area contributed by atoms with Gasteiger partial charge in [0.15, 0.2) is 0 Å². The molecular formula is C17H19ClO2. The zero-order valence-electron chi connectivity index (χ0n) is 12.0. The van der Waals surface area contributed by atoms with E-state index in [1.54, 1.807) is 13.2 Å². The molecule has 0 bridgehead atoms. The van der Waals surface area contributed by atoms with Crippen molar-refractivity contribution < 1.29 is 9.84 Å². The minimum absolute atomic E-state index is 0.478. The van der Waals surface area contributed by atoms with Gasteiger partial charge in [-0.25, -0.2) is 0 Å². The minimum Gasteiger partial charge on any atom is -0.496 e. The van der Waals surface area contributed by atoms with Crippen LogP contribution in [0.5, 0.6) is 5.75 Å². The molecule has 106 valence electrons. The van der Waals surface area contributed by atoms with Crippen molar-refractivity contribution in [2.75, 3.05) is 7.11 Å². The van der Waals surface area contributed by atoms with E-state index in [-0.39, 0.29) is 0 Å². The Labute approximate surface area is 125 Å².